The lowest BCUT2D eigenvalue weighted by Crippen LogP contribution is -2.47. The molecule has 0 saturated carbocycles. The van der Waals surface area contributed by atoms with Gasteiger partial charge in [-0.05, 0) is 105 Å². The number of aromatic nitrogens is 5. The Hall–Kier alpha value is -5.55. The van der Waals surface area contributed by atoms with E-state index in [2.05, 4.69) is 25.9 Å². The second-order valence-corrected chi connectivity index (χ2v) is 18.6. The van der Waals surface area contributed by atoms with Gasteiger partial charge in [0.2, 0.25) is 10.9 Å². The topological polar surface area (TPSA) is 219 Å². The molecule has 4 aromatic rings. The molecule has 1 aliphatic heterocycles. The molecule has 18 nitrogen and oxygen atoms in total. The van der Waals surface area contributed by atoms with Crippen molar-refractivity contribution in [2.24, 2.45) is 5.41 Å². The normalized spacial score (nSPS) is 20.1. The van der Waals surface area contributed by atoms with Gasteiger partial charge < -0.3 is 38.9 Å². The van der Waals surface area contributed by atoms with Crippen molar-refractivity contribution in [3.63, 3.8) is 0 Å². The van der Waals surface area contributed by atoms with E-state index in [-0.39, 0.29) is 42.3 Å². The van der Waals surface area contributed by atoms with Crippen molar-refractivity contribution < 1.29 is 52.3 Å². The molecule has 0 spiro atoms. The summed E-state index contributed by atoms with van der Waals surface area (Å²) in [5.74, 6) is 1.64. The summed E-state index contributed by atoms with van der Waals surface area (Å²) in [6.45, 7) is 17.6. The predicted molar refractivity (Wildman–Crippen MR) is 228 cm³/mol. The first-order valence-electron chi connectivity index (χ1n) is 19.5. The lowest BCUT2D eigenvalue weighted by Gasteiger charge is -2.34. The largest absolute Gasteiger partial charge is 0.509 e. The fourth-order valence-electron chi connectivity index (χ4n) is 6.35. The highest BCUT2D eigenvalue weighted by Crippen LogP contribution is 2.48. The average Bonchev–Trinajstić information content (AvgIpc) is 3.89. The maximum atomic E-state index is 14.1. The number of ether oxygens (including phenoxy) is 7. The van der Waals surface area contributed by atoms with E-state index in [1.165, 1.54) is 22.2 Å². The van der Waals surface area contributed by atoms with Crippen molar-refractivity contribution in [3.8, 4) is 12.3 Å². The molecular weight excluding hydrogens is 846 g/mol. The van der Waals surface area contributed by atoms with Crippen LogP contribution in [0.5, 0.6) is 0 Å². The summed E-state index contributed by atoms with van der Waals surface area (Å²) >= 11 is 7.77. The molecule has 1 fully saturated rings. The van der Waals surface area contributed by atoms with Crippen LogP contribution in [0.15, 0.2) is 41.5 Å². The molecule has 1 unspecified atom stereocenters. The highest BCUT2D eigenvalue weighted by Gasteiger charge is 2.58. The van der Waals surface area contributed by atoms with Gasteiger partial charge in [0.05, 0.1) is 36.2 Å². The molecule has 20 heteroatoms. The predicted octanol–water partition coefficient (Wildman–Crippen LogP) is 7.77. The van der Waals surface area contributed by atoms with Crippen molar-refractivity contribution >= 4 is 69.9 Å². The molecule has 4 heterocycles. The number of thiazole rings is 1. The van der Waals surface area contributed by atoms with Crippen LogP contribution in [-0.2, 0) is 50.0 Å². The van der Waals surface area contributed by atoms with Gasteiger partial charge in [0.1, 0.15) is 22.9 Å². The number of anilines is 2. The summed E-state index contributed by atoms with van der Waals surface area (Å²) < 4.78 is 43.0. The third-order valence-electron chi connectivity index (χ3n) is 9.13. The number of rotatable bonds is 11. The number of amides is 2. The fourth-order valence-corrected chi connectivity index (χ4v) is 7.13. The summed E-state index contributed by atoms with van der Waals surface area (Å²) in [7, 11) is 0. The van der Waals surface area contributed by atoms with E-state index in [9.17, 15) is 19.2 Å². The minimum Gasteiger partial charge on any atom is -0.464 e. The van der Waals surface area contributed by atoms with Crippen molar-refractivity contribution in [1.82, 2.24) is 24.5 Å². The molecule has 0 aliphatic carbocycles. The van der Waals surface area contributed by atoms with Crippen LogP contribution in [0.1, 0.15) is 93.6 Å². The van der Waals surface area contributed by atoms with Crippen molar-refractivity contribution in [3.05, 3.63) is 58.0 Å². The standard InChI is InChI=1S/C42H52ClN7O11S/c1-13-41(12)27(20-56-42(33(51)55-14-2,26-21-62-23-46-26)19-24-15-17-25(44)18-16-24)57-32(29(41)58-37(54)61-40(9,10)11)49-22-45-28-30(49)47-34(43)48-31(28)50(35(52)59-38(3,4)5)36(53)60-39(6,7)8/h1,15-18,21-23,27,29,32H,14,19-20,44H2,2-12H3/t27-,29+,32-,41+,42?/m1/s1. The monoisotopic (exact) mass is 897 g/mol. The molecule has 1 saturated heterocycles. The number of carbonyl (C=O) groups excluding carboxylic acids is 4. The highest BCUT2D eigenvalue weighted by atomic mass is 35.5. The Morgan fingerprint density at radius 2 is 1.58 bits per heavy atom. The van der Waals surface area contributed by atoms with E-state index in [1.54, 1.807) is 111 Å². The van der Waals surface area contributed by atoms with Gasteiger partial charge >= 0.3 is 24.3 Å². The molecule has 1 aliphatic rings. The first-order chi connectivity index (χ1) is 28.8. The molecule has 5 atom stereocenters. The number of halogens is 1. The second kappa shape index (κ2) is 18.0. The number of nitrogen functional groups attached to an aromatic ring is 1. The molecule has 5 rings (SSSR count). The molecule has 0 radical (unpaired) electrons. The van der Waals surface area contributed by atoms with Gasteiger partial charge in [0.25, 0.3) is 0 Å². The van der Waals surface area contributed by atoms with E-state index < -0.39 is 75.8 Å². The number of carbonyl (C=O) groups is 4. The number of hydrogen-bond acceptors (Lipinski definition) is 17. The number of hydrogen-bond donors (Lipinski definition) is 1. The Bertz CT molecular complexity index is 2290. The van der Waals surface area contributed by atoms with Crippen molar-refractivity contribution in [2.75, 3.05) is 23.8 Å². The van der Waals surface area contributed by atoms with E-state index >= 15 is 0 Å². The Balaban J connectivity index is 1.65. The molecule has 2 N–H and O–H groups in total. The third kappa shape index (κ3) is 10.7. The van der Waals surface area contributed by atoms with Gasteiger partial charge in [0.15, 0.2) is 29.3 Å². The zero-order valence-electron chi connectivity index (χ0n) is 36.5. The summed E-state index contributed by atoms with van der Waals surface area (Å²) in [6, 6.07) is 6.91. The number of nitrogens with zero attached hydrogens (tertiary/aromatic N) is 6. The van der Waals surface area contributed by atoms with Gasteiger partial charge in [-0.15, -0.1) is 17.8 Å². The zero-order chi connectivity index (χ0) is 46.0. The van der Waals surface area contributed by atoms with E-state index in [0.717, 1.165) is 0 Å². The van der Waals surface area contributed by atoms with Crippen LogP contribution < -0.4 is 10.6 Å². The molecule has 334 valence electrons. The van der Waals surface area contributed by atoms with Gasteiger partial charge in [-0.25, -0.2) is 29.1 Å². The number of imide groups is 1. The number of benzene rings is 1. The van der Waals surface area contributed by atoms with E-state index in [4.69, 9.17) is 56.9 Å². The number of esters is 1. The molecule has 2 amide bonds. The number of fused-ring (bicyclic) bond motifs is 1. The van der Waals surface area contributed by atoms with Gasteiger partial charge in [0, 0.05) is 17.5 Å². The average molecular weight is 898 g/mol. The maximum absolute atomic E-state index is 14.1. The van der Waals surface area contributed by atoms with E-state index in [1.807, 2.05) is 0 Å². The quantitative estimate of drug-likeness (QED) is 0.0500. The summed E-state index contributed by atoms with van der Waals surface area (Å²) in [5, 5.41) is 1.26. The zero-order valence-corrected chi connectivity index (χ0v) is 38.1. The SMILES string of the molecule is C#C[C@@]1(C)[C@@H](COC(Cc2ccc(N)cc2)(C(=O)OCC)c2cscn2)O[C@@H](n2cnc3c(N(C(=O)OC(C)(C)C)C(=O)OC(C)(C)C)nc(Cl)nc32)[C@@H]1OC(=O)OC(C)(C)C. The Morgan fingerprint density at radius 1 is 0.968 bits per heavy atom. The molecule has 3 aromatic heterocycles. The van der Waals surface area contributed by atoms with Crippen LogP contribution in [0.25, 0.3) is 11.2 Å². The van der Waals surface area contributed by atoms with Crippen LogP contribution in [0.2, 0.25) is 5.28 Å². The Kier molecular flexibility index (Phi) is 13.8. The first kappa shape index (κ1) is 47.5. The number of terminal acetylenes is 1. The fraction of sp³-hybridized carbons (Fsp3) is 0.524. The Labute approximate surface area is 368 Å². The number of nitrogens with two attached hydrogens (primary N) is 1. The molecule has 1 aromatic carbocycles. The maximum Gasteiger partial charge on any atom is 0.509 e. The van der Waals surface area contributed by atoms with Crippen LogP contribution in [0.4, 0.5) is 25.9 Å². The summed E-state index contributed by atoms with van der Waals surface area (Å²) in [4.78, 5) is 73.1. The van der Waals surface area contributed by atoms with Gasteiger partial charge in [-0.1, -0.05) is 18.1 Å². The van der Waals surface area contributed by atoms with Crippen molar-refractivity contribution in [1.29, 1.82) is 0 Å². The minimum atomic E-state index is -1.81. The van der Waals surface area contributed by atoms with Crippen LogP contribution in [-0.4, -0.2) is 91.0 Å². The smallest absolute Gasteiger partial charge is 0.464 e. The summed E-state index contributed by atoms with van der Waals surface area (Å²) in [5.41, 5.74) is 2.40. The second-order valence-electron chi connectivity index (χ2n) is 17.5. The first-order valence-corrected chi connectivity index (χ1v) is 20.9. The van der Waals surface area contributed by atoms with Crippen LogP contribution in [0, 0.1) is 17.8 Å². The number of imidazole rings is 1. The minimum absolute atomic E-state index is 0.0211. The lowest BCUT2D eigenvalue weighted by atomic mass is 9.81. The van der Waals surface area contributed by atoms with E-state index in [0.29, 0.717) is 16.2 Å². The molecule has 0 bridgehead atoms. The highest BCUT2D eigenvalue weighted by molar-refractivity contribution is 7.07. The van der Waals surface area contributed by atoms with Crippen LogP contribution >= 0.6 is 22.9 Å². The van der Waals surface area contributed by atoms with Crippen LogP contribution in [0.3, 0.4) is 0 Å². The summed E-state index contributed by atoms with van der Waals surface area (Å²) in [6.07, 6.45) is 0.323. The molecule has 62 heavy (non-hydrogen) atoms. The molecular formula is C42H52ClN7O11S. The third-order valence-corrected chi connectivity index (χ3v) is 9.88. The Morgan fingerprint density at radius 3 is 2.11 bits per heavy atom. The van der Waals surface area contributed by atoms with Gasteiger partial charge in [-0.3, -0.25) is 4.57 Å². The van der Waals surface area contributed by atoms with Gasteiger partial charge in [-0.2, -0.15) is 14.9 Å². The van der Waals surface area contributed by atoms with Crippen molar-refractivity contribution in [2.45, 2.75) is 123 Å². The lowest BCUT2D eigenvalue weighted by molar-refractivity contribution is -0.182.